The summed E-state index contributed by atoms with van der Waals surface area (Å²) in [5, 5.41) is 12.1. The summed E-state index contributed by atoms with van der Waals surface area (Å²) in [6.07, 6.45) is 8.98. The van der Waals surface area contributed by atoms with Crippen LogP contribution in [0, 0.1) is 0 Å². The Labute approximate surface area is 189 Å². The predicted molar refractivity (Wildman–Crippen MR) is 122 cm³/mol. The van der Waals surface area contributed by atoms with E-state index >= 15 is 0 Å². The molecule has 0 saturated heterocycles. The number of aromatic nitrogens is 5. The van der Waals surface area contributed by atoms with Crippen molar-refractivity contribution in [3.63, 3.8) is 0 Å². The number of hydrogen-bond acceptors (Lipinski definition) is 7. The number of nitrogens with one attached hydrogen (secondary N) is 1. The molecule has 4 rings (SSSR count). The van der Waals surface area contributed by atoms with E-state index in [-0.39, 0.29) is 23.2 Å². The molecule has 4 aromatic heterocycles. The highest BCUT2D eigenvalue weighted by Crippen LogP contribution is 2.31. The third-order valence-corrected chi connectivity index (χ3v) is 5.70. The third kappa shape index (κ3) is 4.16. The van der Waals surface area contributed by atoms with Gasteiger partial charge in [0.25, 0.3) is 11.8 Å². The minimum Gasteiger partial charge on any atom is -0.448 e. The molecule has 2 amide bonds. The van der Waals surface area contributed by atoms with Gasteiger partial charge in [-0.2, -0.15) is 10.2 Å². The lowest BCUT2D eigenvalue weighted by Gasteiger charge is -2.23. The number of rotatable bonds is 9. The quantitative estimate of drug-likeness (QED) is 0.353. The number of primary amides is 2. The summed E-state index contributed by atoms with van der Waals surface area (Å²) < 4.78 is 9.04. The minimum absolute atomic E-state index is 0.0728. The van der Waals surface area contributed by atoms with Crippen LogP contribution in [0.2, 0.25) is 0 Å². The number of nitrogens with two attached hydrogens (primary N) is 2. The fraction of sp³-hybridized carbons (Fsp3) is 0.318. The largest absolute Gasteiger partial charge is 0.448 e. The second-order valence-corrected chi connectivity index (χ2v) is 7.82. The molecule has 2 atom stereocenters. The molecular formula is C22H26N8O3. The summed E-state index contributed by atoms with van der Waals surface area (Å²) in [6.45, 7) is 6.70. The van der Waals surface area contributed by atoms with Gasteiger partial charge in [0.1, 0.15) is 6.26 Å². The molecule has 11 heteroatoms. The van der Waals surface area contributed by atoms with Gasteiger partial charge >= 0.3 is 0 Å². The molecule has 0 spiro atoms. The van der Waals surface area contributed by atoms with Gasteiger partial charge in [-0.25, -0.2) is 9.50 Å². The van der Waals surface area contributed by atoms with E-state index < -0.39 is 11.8 Å². The molecule has 11 nitrogen and oxygen atoms in total. The third-order valence-electron chi connectivity index (χ3n) is 5.70. The first-order valence-electron chi connectivity index (χ1n) is 10.7. The number of amides is 2. The van der Waals surface area contributed by atoms with Crippen molar-refractivity contribution in [1.29, 1.82) is 0 Å². The minimum atomic E-state index is -0.653. The number of fused-ring (bicyclic) bond motifs is 1. The highest BCUT2D eigenvalue weighted by Gasteiger charge is 2.26. The number of hydrogen-bond donors (Lipinski definition) is 3. The Morgan fingerprint density at radius 3 is 2.52 bits per heavy atom. The molecule has 5 N–H and O–H groups in total. The van der Waals surface area contributed by atoms with Crippen molar-refractivity contribution in [1.82, 2.24) is 24.4 Å². The second-order valence-electron chi connectivity index (χ2n) is 7.82. The van der Waals surface area contributed by atoms with E-state index in [1.165, 1.54) is 12.5 Å². The van der Waals surface area contributed by atoms with E-state index in [9.17, 15) is 9.59 Å². The molecule has 4 heterocycles. The fourth-order valence-electron chi connectivity index (χ4n) is 3.88. The molecule has 0 bridgehead atoms. The SMILES string of the molecule is CCC(c1nc(C(N)=O)co1)C(C)Nc1c(C(N)=O)cnn2cc(-c3cnn(CC)c3)cc12. The van der Waals surface area contributed by atoms with Gasteiger partial charge in [0.2, 0.25) is 0 Å². The fourth-order valence-corrected chi connectivity index (χ4v) is 3.88. The van der Waals surface area contributed by atoms with Crippen molar-refractivity contribution < 1.29 is 14.0 Å². The average Bonchev–Trinajstić information content (AvgIpc) is 3.53. The van der Waals surface area contributed by atoms with Gasteiger partial charge in [-0.3, -0.25) is 14.3 Å². The van der Waals surface area contributed by atoms with Gasteiger partial charge in [0.05, 0.1) is 35.1 Å². The Morgan fingerprint density at radius 1 is 1.12 bits per heavy atom. The highest BCUT2D eigenvalue weighted by atomic mass is 16.3. The Kier molecular flexibility index (Phi) is 5.86. The van der Waals surface area contributed by atoms with E-state index in [1.807, 2.05) is 43.9 Å². The maximum atomic E-state index is 12.2. The maximum absolute atomic E-state index is 12.2. The van der Waals surface area contributed by atoms with E-state index in [0.717, 1.165) is 17.7 Å². The lowest BCUT2D eigenvalue weighted by Crippen LogP contribution is -2.27. The van der Waals surface area contributed by atoms with E-state index in [2.05, 4.69) is 20.5 Å². The summed E-state index contributed by atoms with van der Waals surface area (Å²) in [5.74, 6) is -1.05. The topological polar surface area (TPSA) is 159 Å². The zero-order valence-electron chi connectivity index (χ0n) is 18.6. The first kappa shape index (κ1) is 22.1. The van der Waals surface area contributed by atoms with Gasteiger partial charge in [0.15, 0.2) is 11.6 Å². The first-order chi connectivity index (χ1) is 15.8. The van der Waals surface area contributed by atoms with E-state index in [1.54, 1.807) is 10.7 Å². The maximum Gasteiger partial charge on any atom is 0.270 e. The summed E-state index contributed by atoms with van der Waals surface area (Å²) in [4.78, 5) is 27.8. The van der Waals surface area contributed by atoms with Crippen LogP contribution in [0.3, 0.4) is 0 Å². The van der Waals surface area contributed by atoms with Gasteiger partial charge in [-0.05, 0) is 26.3 Å². The molecule has 0 aliphatic rings. The Bertz CT molecular complexity index is 1320. The normalized spacial score (nSPS) is 13.2. The molecule has 0 fully saturated rings. The number of nitrogens with zero attached hydrogens (tertiary/aromatic N) is 5. The summed E-state index contributed by atoms with van der Waals surface area (Å²) >= 11 is 0. The lowest BCUT2D eigenvalue weighted by atomic mass is 9.97. The van der Waals surface area contributed by atoms with Crippen molar-refractivity contribution >= 4 is 23.0 Å². The summed E-state index contributed by atoms with van der Waals surface area (Å²) in [7, 11) is 0. The van der Waals surface area contributed by atoms with Crippen molar-refractivity contribution in [2.24, 2.45) is 11.5 Å². The zero-order valence-corrected chi connectivity index (χ0v) is 18.6. The molecule has 0 saturated carbocycles. The molecule has 0 aromatic carbocycles. The molecule has 0 aliphatic heterocycles. The van der Waals surface area contributed by atoms with Crippen LogP contribution in [0.25, 0.3) is 16.6 Å². The van der Waals surface area contributed by atoms with E-state index in [4.69, 9.17) is 15.9 Å². The van der Waals surface area contributed by atoms with Gasteiger partial charge in [0, 0.05) is 36.1 Å². The number of anilines is 1. The van der Waals surface area contributed by atoms with Crippen LogP contribution >= 0.6 is 0 Å². The Morgan fingerprint density at radius 2 is 1.91 bits per heavy atom. The molecule has 4 aromatic rings. The zero-order chi connectivity index (χ0) is 23.7. The molecule has 2 unspecified atom stereocenters. The van der Waals surface area contributed by atoms with Crippen LogP contribution in [-0.4, -0.2) is 42.2 Å². The first-order valence-corrected chi connectivity index (χ1v) is 10.7. The molecule has 33 heavy (non-hydrogen) atoms. The monoisotopic (exact) mass is 450 g/mol. The van der Waals surface area contributed by atoms with Crippen LogP contribution in [-0.2, 0) is 6.54 Å². The van der Waals surface area contributed by atoms with Crippen molar-refractivity contribution in [2.45, 2.75) is 45.7 Å². The number of carbonyl (C=O) groups is 2. The predicted octanol–water partition coefficient (Wildman–Crippen LogP) is 2.40. The molecule has 0 aliphatic carbocycles. The van der Waals surface area contributed by atoms with Crippen LogP contribution in [0.5, 0.6) is 0 Å². The second kappa shape index (κ2) is 8.77. The summed E-state index contributed by atoms with van der Waals surface area (Å²) in [5.41, 5.74) is 14.4. The number of carbonyl (C=O) groups excluding carboxylic acids is 2. The number of oxazole rings is 1. The Hall–Kier alpha value is -4.15. The van der Waals surface area contributed by atoms with Crippen molar-refractivity contribution in [3.05, 3.63) is 54.3 Å². The average molecular weight is 451 g/mol. The summed E-state index contributed by atoms with van der Waals surface area (Å²) in [6, 6.07) is 1.71. The van der Waals surface area contributed by atoms with Crippen LogP contribution in [0.4, 0.5) is 5.69 Å². The smallest absolute Gasteiger partial charge is 0.270 e. The van der Waals surface area contributed by atoms with Crippen molar-refractivity contribution in [3.8, 4) is 11.1 Å². The van der Waals surface area contributed by atoms with E-state index in [0.29, 0.717) is 23.5 Å². The molecular weight excluding hydrogens is 424 g/mol. The lowest BCUT2D eigenvalue weighted by molar-refractivity contribution is 0.0989. The molecule has 172 valence electrons. The van der Waals surface area contributed by atoms with Crippen LogP contribution in [0.1, 0.15) is 59.8 Å². The van der Waals surface area contributed by atoms with Gasteiger partial charge in [-0.1, -0.05) is 6.92 Å². The van der Waals surface area contributed by atoms with Gasteiger partial charge in [-0.15, -0.1) is 0 Å². The van der Waals surface area contributed by atoms with Crippen LogP contribution < -0.4 is 16.8 Å². The molecule has 0 radical (unpaired) electrons. The van der Waals surface area contributed by atoms with Gasteiger partial charge < -0.3 is 21.2 Å². The standard InChI is InChI=1S/C22H26N8O3/c1-4-15(22-28-17(11-33-22)21(24)32)12(3)27-19-16(20(23)31)8-26-30-10-13(6-18(19)30)14-7-25-29(5-2)9-14/h6-12,15,27H,4-5H2,1-3H3,(H2,23,31)(H2,24,32). The highest BCUT2D eigenvalue weighted by molar-refractivity contribution is 6.02. The van der Waals surface area contributed by atoms with Crippen molar-refractivity contribution in [2.75, 3.05) is 5.32 Å². The van der Waals surface area contributed by atoms with Crippen LogP contribution in [0.15, 0.2) is 41.5 Å². The number of aryl methyl sites for hydroxylation is 1. The Balaban J connectivity index is 1.73.